The fraction of sp³-hybridized carbons (Fsp3) is 0.176. The van der Waals surface area contributed by atoms with Crippen molar-refractivity contribution in [3.63, 3.8) is 0 Å². The number of benzene rings is 1. The standard InChI is InChI=1S/C17H12O5S/c18-15(19)17(16(20)21)7-12-13(14(17)9-5-6-23-8-9)10-3-1-2-4-11(10)22-12/h1-6,8,14H,7H2,(H,18,19)(H,20,21). The molecule has 5 nitrogen and oxygen atoms in total. The Bertz CT molecular complexity index is 908. The maximum Gasteiger partial charge on any atom is 0.322 e. The fourth-order valence-corrected chi connectivity index (χ4v) is 4.23. The summed E-state index contributed by atoms with van der Waals surface area (Å²) in [5.74, 6) is -2.98. The lowest BCUT2D eigenvalue weighted by Gasteiger charge is -2.27. The van der Waals surface area contributed by atoms with Gasteiger partial charge >= 0.3 is 11.9 Å². The van der Waals surface area contributed by atoms with Crippen LogP contribution in [0.1, 0.15) is 22.8 Å². The van der Waals surface area contributed by atoms with Gasteiger partial charge in [0, 0.05) is 23.3 Å². The Kier molecular flexibility index (Phi) is 2.86. The molecular weight excluding hydrogens is 316 g/mol. The van der Waals surface area contributed by atoms with Gasteiger partial charge in [-0.2, -0.15) is 11.3 Å². The van der Waals surface area contributed by atoms with Gasteiger partial charge in [-0.1, -0.05) is 18.2 Å². The first kappa shape index (κ1) is 14.0. The van der Waals surface area contributed by atoms with Crippen molar-refractivity contribution >= 4 is 34.2 Å². The van der Waals surface area contributed by atoms with Gasteiger partial charge in [-0.25, -0.2) is 0 Å². The first-order chi connectivity index (χ1) is 11.1. The molecule has 6 heteroatoms. The SMILES string of the molecule is O=C(O)C1(C(=O)O)Cc2oc3ccccc3c2C1c1ccsc1. The Morgan fingerprint density at radius 1 is 1.17 bits per heavy atom. The normalized spacial score (nSPS) is 18.9. The number of hydrogen-bond acceptors (Lipinski definition) is 4. The summed E-state index contributed by atoms with van der Waals surface area (Å²) < 4.78 is 5.77. The number of carbonyl (C=O) groups is 2. The largest absolute Gasteiger partial charge is 0.480 e. The van der Waals surface area contributed by atoms with Crippen LogP contribution in [0.5, 0.6) is 0 Å². The molecule has 0 fully saturated rings. The van der Waals surface area contributed by atoms with Crippen LogP contribution in [-0.2, 0) is 16.0 Å². The van der Waals surface area contributed by atoms with Crippen molar-refractivity contribution in [2.75, 3.05) is 0 Å². The van der Waals surface area contributed by atoms with Crippen LogP contribution in [-0.4, -0.2) is 22.2 Å². The highest BCUT2D eigenvalue weighted by atomic mass is 32.1. The van der Waals surface area contributed by atoms with Gasteiger partial charge in [0.05, 0.1) is 0 Å². The molecule has 1 aromatic carbocycles. The van der Waals surface area contributed by atoms with Crippen molar-refractivity contribution in [3.8, 4) is 0 Å². The number of thiophene rings is 1. The molecule has 0 bridgehead atoms. The minimum Gasteiger partial charge on any atom is -0.480 e. The molecule has 116 valence electrons. The van der Waals surface area contributed by atoms with Gasteiger partial charge in [0.2, 0.25) is 0 Å². The van der Waals surface area contributed by atoms with Gasteiger partial charge in [-0.15, -0.1) is 0 Å². The molecule has 2 N–H and O–H groups in total. The zero-order valence-electron chi connectivity index (χ0n) is 11.9. The number of furan rings is 1. The third-order valence-electron chi connectivity index (χ3n) is 4.57. The van der Waals surface area contributed by atoms with Crippen molar-refractivity contribution in [2.45, 2.75) is 12.3 Å². The molecule has 2 heterocycles. The minimum atomic E-state index is -1.93. The van der Waals surface area contributed by atoms with Gasteiger partial charge in [0.1, 0.15) is 11.3 Å². The summed E-state index contributed by atoms with van der Waals surface area (Å²) in [5, 5.41) is 23.9. The van der Waals surface area contributed by atoms with E-state index in [1.165, 1.54) is 11.3 Å². The second-order valence-electron chi connectivity index (χ2n) is 5.68. The molecule has 1 unspecified atom stereocenters. The summed E-state index contributed by atoms with van der Waals surface area (Å²) in [5.41, 5.74) is 0.107. The maximum atomic E-state index is 12.0. The van der Waals surface area contributed by atoms with E-state index in [0.717, 1.165) is 5.39 Å². The monoisotopic (exact) mass is 328 g/mol. The molecule has 3 aromatic rings. The molecule has 0 saturated heterocycles. The molecule has 0 aliphatic heterocycles. The highest BCUT2D eigenvalue weighted by Crippen LogP contribution is 2.54. The maximum absolute atomic E-state index is 12.0. The summed E-state index contributed by atoms with van der Waals surface area (Å²) in [6.07, 6.45) is -0.151. The number of fused-ring (bicyclic) bond motifs is 3. The van der Waals surface area contributed by atoms with E-state index in [9.17, 15) is 19.8 Å². The summed E-state index contributed by atoms with van der Waals surface area (Å²) in [6.45, 7) is 0. The number of carboxylic acids is 2. The highest BCUT2D eigenvalue weighted by molar-refractivity contribution is 7.08. The van der Waals surface area contributed by atoms with Crippen LogP contribution in [0.25, 0.3) is 11.0 Å². The molecule has 0 amide bonds. The zero-order valence-corrected chi connectivity index (χ0v) is 12.7. The first-order valence-electron chi connectivity index (χ1n) is 7.05. The van der Waals surface area contributed by atoms with Crippen LogP contribution < -0.4 is 0 Å². The number of para-hydroxylation sites is 1. The quantitative estimate of drug-likeness (QED) is 0.720. The van der Waals surface area contributed by atoms with E-state index in [2.05, 4.69) is 0 Å². The summed E-state index contributed by atoms with van der Waals surface area (Å²) >= 11 is 1.42. The number of hydrogen-bond donors (Lipinski definition) is 2. The Hall–Kier alpha value is -2.60. The van der Waals surface area contributed by atoms with Crippen molar-refractivity contribution in [1.82, 2.24) is 0 Å². The third kappa shape index (κ3) is 1.72. The van der Waals surface area contributed by atoms with Gasteiger partial charge < -0.3 is 14.6 Å². The Balaban J connectivity index is 2.06. The van der Waals surface area contributed by atoms with Crippen molar-refractivity contribution < 1.29 is 24.2 Å². The average molecular weight is 328 g/mol. The predicted molar refractivity (Wildman–Crippen MR) is 83.8 cm³/mol. The smallest absolute Gasteiger partial charge is 0.322 e. The van der Waals surface area contributed by atoms with E-state index in [1.807, 2.05) is 35.0 Å². The highest BCUT2D eigenvalue weighted by Gasteiger charge is 2.60. The van der Waals surface area contributed by atoms with Crippen LogP contribution in [0.15, 0.2) is 45.5 Å². The molecule has 23 heavy (non-hydrogen) atoms. The molecule has 1 atom stereocenters. The van der Waals surface area contributed by atoms with E-state index in [4.69, 9.17) is 4.42 Å². The average Bonchev–Trinajstić information content (AvgIpc) is 3.20. The minimum absolute atomic E-state index is 0.151. The number of aliphatic carboxylic acids is 2. The van der Waals surface area contributed by atoms with Crippen molar-refractivity contribution in [3.05, 3.63) is 58.0 Å². The van der Waals surface area contributed by atoms with Crippen LogP contribution in [0, 0.1) is 5.41 Å². The summed E-state index contributed by atoms with van der Waals surface area (Å²) in [7, 11) is 0. The zero-order chi connectivity index (χ0) is 16.2. The van der Waals surface area contributed by atoms with Gasteiger partial charge in [0.15, 0.2) is 5.41 Å². The van der Waals surface area contributed by atoms with E-state index in [-0.39, 0.29) is 6.42 Å². The van der Waals surface area contributed by atoms with E-state index in [1.54, 1.807) is 6.07 Å². The third-order valence-corrected chi connectivity index (χ3v) is 5.27. The first-order valence-corrected chi connectivity index (χ1v) is 7.99. The number of carboxylic acid groups (broad SMARTS) is 2. The summed E-state index contributed by atoms with van der Waals surface area (Å²) in [4.78, 5) is 23.9. The fourth-order valence-electron chi connectivity index (χ4n) is 3.55. The van der Waals surface area contributed by atoms with Crippen molar-refractivity contribution in [2.24, 2.45) is 5.41 Å². The molecule has 0 saturated carbocycles. The lowest BCUT2D eigenvalue weighted by atomic mass is 9.72. The molecule has 2 aromatic heterocycles. The molecule has 0 radical (unpaired) electrons. The molecule has 1 aliphatic rings. The lowest BCUT2D eigenvalue weighted by Crippen LogP contribution is -2.43. The topological polar surface area (TPSA) is 87.7 Å². The lowest BCUT2D eigenvalue weighted by molar-refractivity contribution is -0.165. The Labute approximate surface area is 134 Å². The van der Waals surface area contributed by atoms with E-state index < -0.39 is 23.3 Å². The Morgan fingerprint density at radius 2 is 1.91 bits per heavy atom. The van der Waals surface area contributed by atoms with Gasteiger partial charge in [0.25, 0.3) is 0 Å². The number of rotatable bonds is 3. The second-order valence-corrected chi connectivity index (χ2v) is 6.46. The van der Waals surface area contributed by atoms with Crippen LogP contribution >= 0.6 is 11.3 Å². The van der Waals surface area contributed by atoms with Gasteiger partial charge in [-0.05, 0) is 28.5 Å². The van der Waals surface area contributed by atoms with Crippen LogP contribution in [0.2, 0.25) is 0 Å². The van der Waals surface area contributed by atoms with Gasteiger partial charge in [-0.3, -0.25) is 9.59 Å². The predicted octanol–water partition coefficient (Wildman–Crippen LogP) is 3.34. The second kappa shape index (κ2) is 4.70. The van der Waals surface area contributed by atoms with Crippen molar-refractivity contribution in [1.29, 1.82) is 0 Å². The molecule has 4 rings (SSSR count). The molecule has 1 aliphatic carbocycles. The van der Waals surface area contributed by atoms with E-state index >= 15 is 0 Å². The van der Waals surface area contributed by atoms with E-state index in [0.29, 0.717) is 22.5 Å². The van der Waals surface area contributed by atoms with Crippen LogP contribution in [0.4, 0.5) is 0 Å². The molecule has 0 spiro atoms. The Morgan fingerprint density at radius 3 is 2.57 bits per heavy atom. The molecular formula is C17H12O5S. The summed E-state index contributed by atoms with van der Waals surface area (Å²) in [6, 6.07) is 9.11. The van der Waals surface area contributed by atoms with Crippen LogP contribution in [0.3, 0.4) is 0 Å².